The Kier molecular flexibility index (Phi) is 10.1. The smallest absolute Gasteiger partial charge is 0.407 e. The number of rotatable bonds is 14. The molecule has 0 aromatic carbocycles. The molecular formula is C32H52N6O7. The number of amides is 6. The van der Waals surface area contributed by atoms with Crippen LogP contribution in [0, 0.1) is 40.4 Å². The number of alkyl carbamates (subject to hydrolysis) is 1. The van der Waals surface area contributed by atoms with E-state index in [1.54, 1.807) is 0 Å². The predicted molar refractivity (Wildman–Crippen MR) is 165 cm³/mol. The molecule has 4 fully saturated rings. The first-order valence-corrected chi connectivity index (χ1v) is 16.3. The first kappa shape index (κ1) is 34.5. The minimum atomic E-state index is -1.10. The molecule has 0 aromatic heterocycles. The summed E-state index contributed by atoms with van der Waals surface area (Å²) in [6, 6.07) is -3.98. The van der Waals surface area contributed by atoms with Crippen LogP contribution in [0.5, 0.6) is 0 Å². The van der Waals surface area contributed by atoms with Gasteiger partial charge in [0, 0.05) is 13.1 Å². The minimum Gasteiger partial charge on any atom is -0.447 e. The average molecular weight is 633 g/mol. The number of nitrogens with one attached hydrogen (secondary N) is 4. The van der Waals surface area contributed by atoms with Crippen LogP contribution in [0.25, 0.3) is 0 Å². The highest BCUT2D eigenvalue weighted by atomic mass is 16.5. The predicted octanol–water partition coefficient (Wildman–Crippen LogP) is 1.68. The number of ketones is 1. The topological polar surface area (TPSA) is 189 Å². The molecule has 6 N–H and O–H groups in total. The van der Waals surface area contributed by atoms with E-state index in [9.17, 15) is 28.8 Å². The zero-order valence-electron chi connectivity index (χ0n) is 27.7. The maximum atomic E-state index is 14.2. The van der Waals surface area contributed by atoms with E-state index in [2.05, 4.69) is 21.3 Å². The van der Waals surface area contributed by atoms with Crippen LogP contribution in [0.1, 0.15) is 80.6 Å². The Labute approximate surface area is 265 Å². The Bertz CT molecular complexity index is 1190. The number of Topliss-reactive ketones (excluding diaryl/α,β-unsaturated/α-hetero) is 1. The number of piperidine rings is 1. The largest absolute Gasteiger partial charge is 0.447 e. The van der Waals surface area contributed by atoms with E-state index >= 15 is 0 Å². The molecule has 13 heteroatoms. The zero-order valence-corrected chi connectivity index (χ0v) is 27.7. The van der Waals surface area contributed by atoms with Gasteiger partial charge in [-0.1, -0.05) is 61.3 Å². The Morgan fingerprint density at radius 2 is 1.58 bits per heavy atom. The van der Waals surface area contributed by atoms with Crippen molar-refractivity contribution in [1.82, 2.24) is 26.2 Å². The molecule has 3 aliphatic carbocycles. The van der Waals surface area contributed by atoms with Gasteiger partial charge in [-0.2, -0.15) is 0 Å². The fourth-order valence-corrected chi connectivity index (χ4v) is 6.48. The number of carbonyl (C=O) groups is 6. The highest BCUT2D eigenvalue weighted by molar-refractivity contribution is 6.37. The summed E-state index contributed by atoms with van der Waals surface area (Å²) >= 11 is 0. The second kappa shape index (κ2) is 13.2. The van der Waals surface area contributed by atoms with Crippen LogP contribution in [-0.2, 0) is 23.9 Å². The molecule has 4 aliphatic rings. The van der Waals surface area contributed by atoms with Crippen LogP contribution in [0.3, 0.4) is 0 Å². The summed E-state index contributed by atoms with van der Waals surface area (Å²) < 4.78 is 5.35. The number of primary amides is 1. The van der Waals surface area contributed by atoms with Crippen LogP contribution in [-0.4, -0.2) is 84.4 Å². The van der Waals surface area contributed by atoms with Crippen LogP contribution in [0.15, 0.2) is 0 Å². The molecule has 0 aromatic rings. The van der Waals surface area contributed by atoms with Gasteiger partial charge in [-0.25, -0.2) is 9.59 Å². The third-order valence-electron chi connectivity index (χ3n) is 10.0. The number of ether oxygens (including phenoxy) is 1. The number of nitrogens with zero attached hydrogens (tertiary/aromatic N) is 1. The number of nitrogens with two attached hydrogens (primary N) is 1. The first-order chi connectivity index (χ1) is 20.9. The van der Waals surface area contributed by atoms with Crippen molar-refractivity contribution in [3.63, 3.8) is 0 Å². The Morgan fingerprint density at radius 3 is 2.11 bits per heavy atom. The molecule has 3 saturated carbocycles. The van der Waals surface area contributed by atoms with E-state index in [0.717, 1.165) is 25.7 Å². The second-order valence-electron chi connectivity index (χ2n) is 15.5. The van der Waals surface area contributed by atoms with Gasteiger partial charge in [-0.15, -0.1) is 0 Å². The highest BCUT2D eigenvalue weighted by Gasteiger charge is 2.70. The number of carbonyl (C=O) groups excluding carboxylic acids is 6. The lowest BCUT2D eigenvalue weighted by Gasteiger charge is -2.38. The average Bonchev–Trinajstić information content (AvgIpc) is 3.89. The van der Waals surface area contributed by atoms with E-state index < -0.39 is 65.2 Å². The second-order valence-corrected chi connectivity index (χ2v) is 15.5. The van der Waals surface area contributed by atoms with Crippen LogP contribution < -0.4 is 27.0 Å². The van der Waals surface area contributed by atoms with Crippen molar-refractivity contribution < 1.29 is 33.5 Å². The number of hydrogen-bond acceptors (Lipinski definition) is 7. The number of urea groups is 1. The van der Waals surface area contributed by atoms with Gasteiger partial charge in [0.15, 0.2) is 0 Å². The van der Waals surface area contributed by atoms with Crippen LogP contribution in [0.4, 0.5) is 9.59 Å². The fraction of sp³-hybridized carbons (Fsp3) is 0.812. The number of hydrogen-bond donors (Lipinski definition) is 5. The van der Waals surface area contributed by atoms with E-state index in [1.165, 1.54) is 4.90 Å². The van der Waals surface area contributed by atoms with E-state index in [-0.39, 0.29) is 35.7 Å². The molecule has 6 atom stereocenters. The van der Waals surface area contributed by atoms with E-state index in [0.29, 0.717) is 25.4 Å². The minimum absolute atomic E-state index is 0.0332. The maximum absolute atomic E-state index is 14.2. The Balaban J connectivity index is 1.44. The molecule has 45 heavy (non-hydrogen) atoms. The van der Waals surface area contributed by atoms with E-state index in [4.69, 9.17) is 10.5 Å². The quantitative estimate of drug-likeness (QED) is 0.180. The van der Waals surface area contributed by atoms with Gasteiger partial charge in [0.2, 0.25) is 17.6 Å². The lowest BCUT2D eigenvalue weighted by atomic mass is 9.85. The SMILES string of the molecule is CC(C)[C@@H](COC(=O)NCC1CC1)NC(=O)NC(C(=O)N1C[C@H]2[C@@H](C1C(=O)NC(CC1CC1)C(=O)C(N)=O)C2(C)C)C(C)(C)C. The van der Waals surface area contributed by atoms with Crippen molar-refractivity contribution >= 4 is 35.6 Å². The Hall–Kier alpha value is -3.38. The molecule has 4 rings (SSSR count). The standard InChI is InChI=1S/C32H52N6O7/c1-16(2)21(15-45-30(44)34-13-18-10-11-18)36-29(43)37-25(31(3,4)5)28(42)38-14-19-22(32(19,6)7)23(38)27(41)35-20(12-17-8-9-17)24(39)26(33)40/h16-23,25H,8-15H2,1-7H3,(H2,33,40)(H,34,44)(H,35,41)(H2,36,37,43)/t19-,20?,21+,22-,23?,25?/m0/s1. The molecule has 1 aliphatic heterocycles. The first-order valence-electron chi connectivity index (χ1n) is 16.3. The van der Waals surface area contributed by atoms with Crippen molar-refractivity contribution in [2.24, 2.45) is 46.2 Å². The van der Waals surface area contributed by atoms with Crippen LogP contribution >= 0.6 is 0 Å². The van der Waals surface area contributed by atoms with Crippen molar-refractivity contribution in [3.8, 4) is 0 Å². The molecule has 252 valence electrons. The van der Waals surface area contributed by atoms with Crippen molar-refractivity contribution in [1.29, 1.82) is 0 Å². The lowest BCUT2D eigenvalue weighted by Crippen LogP contribution is -2.62. The molecule has 0 bridgehead atoms. The van der Waals surface area contributed by atoms with Crippen molar-refractivity contribution in [2.45, 2.75) is 105 Å². The Morgan fingerprint density at radius 1 is 0.956 bits per heavy atom. The molecular weight excluding hydrogens is 580 g/mol. The third-order valence-corrected chi connectivity index (χ3v) is 10.0. The molecule has 0 spiro atoms. The van der Waals surface area contributed by atoms with Gasteiger partial charge >= 0.3 is 12.1 Å². The monoisotopic (exact) mass is 632 g/mol. The summed E-state index contributed by atoms with van der Waals surface area (Å²) in [4.78, 5) is 79.2. The molecule has 1 heterocycles. The fourth-order valence-electron chi connectivity index (χ4n) is 6.48. The van der Waals surface area contributed by atoms with Gasteiger partial charge in [0.1, 0.15) is 18.7 Å². The van der Waals surface area contributed by atoms with Gasteiger partial charge in [0.05, 0.1) is 12.1 Å². The summed E-state index contributed by atoms with van der Waals surface area (Å²) in [6.45, 7) is 14.2. The van der Waals surface area contributed by atoms with Gasteiger partial charge in [0.25, 0.3) is 5.91 Å². The van der Waals surface area contributed by atoms with E-state index in [1.807, 2.05) is 48.5 Å². The number of fused-ring (bicyclic) bond motifs is 1. The van der Waals surface area contributed by atoms with Crippen molar-refractivity contribution in [3.05, 3.63) is 0 Å². The lowest BCUT2D eigenvalue weighted by molar-refractivity contribution is -0.145. The van der Waals surface area contributed by atoms with Gasteiger partial charge in [-0.05, 0) is 59.7 Å². The van der Waals surface area contributed by atoms with Gasteiger partial charge in [-0.3, -0.25) is 19.2 Å². The highest BCUT2D eigenvalue weighted by Crippen LogP contribution is 2.65. The normalized spacial score (nSPS) is 25.3. The zero-order chi connectivity index (χ0) is 33.4. The molecule has 3 unspecified atom stereocenters. The summed E-state index contributed by atoms with van der Waals surface area (Å²) in [5, 5.41) is 11.2. The van der Waals surface area contributed by atoms with Crippen LogP contribution in [0.2, 0.25) is 0 Å². The number of likely N-dealkylation sites (tertiary alicyclic amines) is 1. The van der Waals surface area contributed by atoms with Crippen molar-refractivity contribution in [2.75, 3.05) is 19.7 Å². The maximum Gasteiger partial charge on any atom is 0.407 e. The molecule has 13 nitrogen and oxygen atoms in total. The van der Waals surface area contributed by atoms with Gasteiger partial charge < -0.3 is 36.6 Å². The summed E-state index contributed by atoms with van der Waals surface area (Å²) in [7, 11) is 0. The summed E-state index contributed by atoms with van der Waals surface area (Å²) in [5.74, 6) is -2.20. The molecule has 6 amide bonds. The summed E-state index contributed by atoms with van der Waals surface area (Å²) in [5.41, 5.74) is 4.38. The summed E-state index contributed by atoms with van der Waals surface area (Å²) in [6.07, 6.45) is 3.84. The molecule has 1 saturated heterocycles. The molecule has 0 radical (unpaired) electrons. The third kappa shape index (κ3) is 8.46.